The number of hydrogen-bond acceptors (Lipinski definition) is 2. The molecule has 0 radical (unpaired) electrons. The summed E-state index contributed by atoms with van der Waals surface area (Å²) in [6.45, 7) is 5.17. The molecular weight excluding hydrogens is 271 g/mol. The fourth-order valence-electron chi connectivity index (χ4n) is 2.15. The van der Waals surface area contributed by atoms with Crippen LogP contribution in [0.1, 0.15) is 18.9 Å². The summed E-state index contributed by atoms with van der Waals surface area (Å²) in [6.07, 6.45) is 4.15. The van der Waals surface area contributed by atoms with Gasteiger partial charge < -0.3 is 0 Å². The first kappa shape index (κ1) is 12.0. The minimum absolute atomic E-state index is 0.249. The molecule has 0 aliphatic carbocycles. The summed E-state index contributed by atoms with van der Waals surface area (Å²) < 4.78 is 13.0. The molecule has 4 heteroatoms. The van der Waals surface area contributed by atoms with Gasteiger partial charge in [0.15, 0.2) is 0 Å². The van der Waals surface area contributed by atoms with E-state index >= 15 is 0 Å². The zero-order chi connectivity index (χ0) is 11.5. The lowest BCUT2D eigenvalue weighted by molar-refractivity contribution is 0.183. The summed E-state index contributed by atoms with van der Waals surface area (Å²) >= 11 is 3.68. The van der Waals surface area contributed by atoms with E-state index < -0.39 is 0 Å². The lowest BCUT2D eigenvalue weighted by atomic mass is 10.00. The monoisotopic (exact) mass is 286 g/mol. The Kier molecular flexibility index (Phi) is 3.92. The van der Waals surface area contributed by atoms with Gasteiger partial charge in [-0.1, -0.05) is 22.9 Å². The second-order valence-corrected chi connectivity index (χ2v) is 5.70. The number of hydrogen-bond donors (Lipinski definition) is 0. The molecule has 1 aromatic heterocycles. The van der Waals surface area contributed by atoms with Gasteiger partial charge in [0.2, 0.25) is 0 Å². The molecule has 0 bridgehead atoms. The van der Waals surface area contributed by atoms with E-state index in [0.29, 0.717) is 10.7 Å². The fraction of sp³-hybridized carbons (Fsp3) is 0.583. The van der Waals surface area contributed by atoms with E-state index in [9.17, 15) is 4.39 Å². The van der Waals surface area contributed by atoms with Crippen LogP contribution < -0.4 is 0 Å². The molecule has 2 unspecified atom stereocenters. The smallest absolute Gasteiger partial charge is 0.141 e. The lowest BCUT2D eigenvalue weighted by Gasteiger charge is -2.34. The molecule has 1 aromatic rings. The Morgan fingerprint density at radius 3 is 3.06 bits per heavy atom. The predicted octanol–water partition coefficient (Wildman–Crippen LogP) is 2.83. The Balaban J connectivity index is 1.95. The number of piperidine rings is 1. The zero-order valence-electron chi connectivity index (χ0n) is 9.37. The predicted molar refractivity (Wildman–Crippen MR) is 66.0 cm³/mol. The van der Waals surface area contributed by atoms with E-state index in [1.807, 2.05) is 0 Å². The number of alkyl halides is 1. The maximum atomic E-state index is 13.0. The van der Waals surface area contributed by atoms with E-state index in [0.717, 1.165) is 31.6 Å². The molecule has 0 spiro atoms. The highest BCUT2D eigenvalue weighted by atomic mass is 79.9. The van der Waals surface area contributed by atoms with Crippen LogP contribution in [0.2, 0.25) is 0 Å². The Morgan fingerprint density at radius 1 is 1.56 bits per heavy atom. The largest absolute Gasteiger partial charge is 0.299 e. The Bertz CT molecular complexity index is 359. The van der Waals surface area contributed by atoms with Crippen molar-refractivity contribution in [2.75, 3.05) is 13.1 Å². The van der Waals surface area contributed by atoms with Gasteiger partial charge >= 0.3 is 0 Å². The number of pyridine rings is 1. The molecule has 1 fully saturated rings. The van der Waals surface area contributed by atoms with Crippen molar-refractivity contribution >= 4 is 15.9 Å². The summed E-state index contributed by atoms with van der Waals surface area (Å²) in [7, 11) is 0. The van der Waals surface area contributed by atoms with Crippen LogP contribution in [0, 0.1) is 11.7 Å². The van der Waals surface area contributed by atoms with Gasteiger partial charge in [-0.15, -0.1) is 0 Å². The average molecular weight is 287 g/mol. The first-order valence-electron chi connectivity index (χ1n) is 5.61. The van der Waals surface area contributed by atoms with Gasteiger partial charge in [-0.25, -0.2) is 4.39 Å². The quantitative estimate of drug-likeness (QED) is 0.778. The molecule has 0 amide bonds. The van der Waals surface area contributed by atoms with Crippen molar-refractivity contribution in [2.24, 2.45) is 5.92 Å². The minimum atomic E-state index is -0.249. The summed E-state index contributed by atoms with van der Waals surface area (Å²) in [4.78, 5) is 6.85. The number of rotatable bonds is 2. The van der Waals surface area contributed by atoms with Crippen LogP contribution in [0.4, 0.5) is 4.39 Å². The lowest BCUT2D eigenvalue weighted by Crippen LogP contribution is -2.39. The summed E-state index contributed by atoms with van der Waals surface area (Å²) in [5.74, 6) is 0.399. The number of likely N-dealkylation sites (tertiary alicyclic amines) is 1. The standard InChI is InChI=1S/C12H16BrFN2/c1-9-7-16(3-2-12(9)13)8-10-4-11(14)6-15-5-10/h4-6,9,12H,2-3,7-8H2,1H3. The van der Waals surface area contributed by atoms with Gasteiger partial charge in [-0.05, 0) is 30.5 Å². The van der Waals surface area contributed by atoms with Crippen molar-refractivity contribution in [3.05, 3.63) is 29.8 Å². The number of halogens is 2. The molecule has 2 rings (SSSR count). The molecule has 2 heterocycles. The summed E-state index contributed by atoms with van der Waals surface area (Å²) in [6, 6.07) is 1.57. The topological polar surface area (TPSA) is 16.1 Å². The zero-order valence-corrected chi connectivity index (χ0v) is 11.0. The fourth-order valence-corrected chi connectivity index (χ4v) is 2.52. The maximum Gasteiger partial charge on any atom is 0.141 e. The second kappa shape index (κ2) is 5.23. The molecule has 0 N–H and O–H groups in total. The molecule has 0 saturated carbocycles. The third-order valence-corrected chi connectivity index (χ3v) is 4.41. The van der Waals surface area contributed by atoms with Gasteiger partial charge in [0.05, 0.1) is 6.20 Å². The van der Waals surface area contributed by atoms with E-state index in [-0.39, 0.29) is 5.82 Å². The van der Waals surface area contributed by atoms with Crippen molar-refractivity contribution < 1.29 is 4.39 Å². The third kappa shape index (κ3) is 3.01. The van der Waals surface area contributed by atoms with Gasteiger partial charge in [0, 0.05) is 24.1 Å². The first-order valence-corrected chi connectivity index (χ1v) is 6.52. The molecule has 2 atom stereocenters. The maximum absolute atomic E-state index is 13.0. The molecule has 1 saturated heterocycles. The Hall–Kier alpha value is -0.480. The molecule has 88 valence electrons. The minimum Gasteiger partial charge on any atom is -0.299 e. The highest BCUT2D eigenvalue weighted by Crippen LogP contribution is 2.24. The third-order valence-electron chi connectivity index (χ3n) is 3.05. The Morgan fingerprint density at radius 2 is 2.38 bits per heavy atom. The van der Waals surface area contributed by atoms with Crippen molar-refractivity contribution in [2.45, 2.75) is 24.7 Å². The molecule has 1 aliphatic rings. The van der Waals surface area contributed by atoms with Crippen LogP contribution in [-0.4, -0.2) is 27.8 Å². The average Bonchev–Trinajstić information content (AvgIpc) is 2.24. The SMILES string of the molecule is CC1CN(Cc2cncc(F)c2)CCC1Br. The molecule has 16 heavy (non-hydrogen) atoms. The van der Waals surface area contributed by atoms with Crippen LogP contribution in [0.3, 0.4) is 0 Å². The van der Waals surface area contributed by atoms with Gasteiger partial charge in [0.25, 0.3) is 0 Å². The van der Waals surface area contributed by atoms with E-state index in [1.165, 1.54) is 6.20 Å². The van der Waals surface area contributed by atoms with Crippen molar-refractivity contribution in [3.8, 4) is 0 Å². The van der Waals surface area contributed by atoms with Crippen LogP contribution in [-0.2, 0) is 6.54 Å². The molecular formula is C12H16BrFN2. The molecule has 2 nitrogen and oxygen atoms in total. The highest BCUT2D eigenvalue weighted by molar-refractivity contribution is 9.09. The summed E-state index contributed by atoms with van der Waals surface area (Å²) in [5.41, 5.74) is 0.959. The van der Waals surface area contributed by atoms with Crippen LogP contribution in [0.25, 0.3) is 0 Å². The molecule has 0 aromatic carbocycles. The van der Waals surface area contributed by atoms with E-state index in [1.54, 1.807) is 12.3 Å². The number of aromatic nitrogens is 1. The van der Waals surface area contributed by atoms with Crippen LogP contribution in [0.15, 0.2) is 18.5 Å². The van der Waals surface area contributed by atoms with E-state index in [2.05, 4.69) is 32.7 Å². The van der Waals surface area contributed by atoms with Gasteiger partial charge in [-0.2, -0.15) is 0 Å². The first-order chi connectivity index (χ1) is 7.65. The van der Waals surface area contributed by atoms with Crippen molar-refractivity contribution in [3.63, 3.8) is 0 Å². The second-order valence-electron chi connectivity index (χ2n) is 4.53. The number of nitrogens with zero attached hydrogens (tertiary/aromatic N) is 2. The van der Waals surface area contributed by atoms with Gasteiger partial charge in [-0.3, -0.25) is 9.88 Å². The Labute approximate surface area is 104 Å². The normalized spacial score (nSPS) is 26.9. The van der Waals surface area contributed by atoms with Crippen molar-refractivity contribution in [1.29, 1.82) is 0 Å². The van der Waals surface area contributed by atoms with Gasteiger partial charge in [0.1, 0.15) is 5.82 Å². The van der Waals surface area contributed by atoms with Crippen molar-refractivity contribution in [1.82, 2.24) is 9.88 Å². The highest BCUT2D eigenvalue weighted by Gasteiger charge is 2.23. The van der Waals surface area contributed by atoms with Crippen LogP contribution in [0.5, 0.6) is 0 Å². The molecule has 1 aliphatic heterocycles. The van der Waals surface area contributed by atoms with Crippen LogP contribution >= 0.6 is 15.9 Å². The summed E-state index contributed by atoms with van der Waals surface area (Å²) in [5, 5.41) is 0. The van der Waals surface area contributed by atoms with E-state index in [4.69, 9.17) is 0 Å².